The first kappa shape index (κ1) is 13.3. The Bertz CT molecular complexity index is 178. The molecule has 14 heavy (non-hydrogen) atoms. The van der Waals surface area contributed by atoms with Gasteiger partial charge in [-0.25, -0.2) is 0 Å². The van der Waals surface area contributed by atoms with Crippen LogP contribution in [-0.4, -0.2) is 0 Å². The molecule has 0 unspecified atom stereocenters. The van der Waals surface area contributed by atoms with Gasteiger partial charge in [-0.3, -0.25) is 0 Å². The van der Waals surface area contributed by atoms with Crippen LogP contribution in [0.25, 0.3) is 0 Å². The van der Waals surface area contributed by atoms with Gasteiger partial charge >= 0.3 is 0 Å². The van der Waals surface area contributed by atoms with Crippen LogP contribution >= 0.6 is 0 Å². The van der Waals surface area contributed by atoms with Gasteiger partial charge in [-0.15, -0.1) is 0 Å². The Morgan fingerprint density at radius 2 is 1.64 bits per heavy atom. The molecule has 0 N–H and O–H groups in total. The highest BCUT2D eigenvalue weighted by Crippen LogP contribution is 2.05. The molecule has 0 spiro atoms. The third kappa shape index (κ3) is 11.3. The number of allylic oxidation sites excluding steroid dienone is 2. The highest BCUT2D eigenvalue weighted by atomic mass is 13.9. The molecule has 0 aliphatic carbocycles. The molecular weight excluding hydrogens is 168 g/mol. The molecule has 0 aliphatic heterocycles. The third-order valence-corrected chi connectivity index (χ3v) is 2.19. The summed E-state index contributed by atoms with van der Waals surface area (Å²) >= 11 is 0. The molecule has 0 aromatic heterocycles. The van der Waals surface area contributed by atoms with Gasteiger partial charge in [0, 0.05) is 6.42 Å². The van der Waals surface area contributed by atoms with Gasteiger partial charge in [0.15, 0.2) is 0 Å². The summed E-state index contributed by atoms with van der Waals surface area (Å²) < 4.78 is 0. The minimum absolute atomic E-state index is 1.07. The zero-order chi connectivity index (χ0) is 10.5. The van der Waals surface area contributed by atoms with Crippen LogP contribution in [0.5, 0.6) is 0 Å². The van der Waals surface area contributed by atoms with Crippen molar-refractivity contribution >= 4 is 0 Å². The van der Waals surface area contributed by atoms with Gasteiger partial charge < -0.3 is 0 Å². The summed E-state index contributed by atoms with van der Waals surface area (Å²) in [4.78, 5) is 0. The molecule has 0 heteroatoms. The summed E-state index contributed by atoms with van der Waals surface area (Å²) in [5.41, 5.74) is 0. The minimum Gasteiger partial charge on any atom is -0.0985 e. The molecule has 0 bridgehead atoms. The van der Waals surface area contributed by atoms with Crippen molar-refractivity contribution in [2.45, 2.75) is 65.2 Å². The topological polar surface area (TPSA) is 0 Å². The van der Waals surface area contributed by atoms with Crippen LogP contribution < -0.4 is 0 Å². The lowest BCUT2D eigenvalue weighted by molar-refractivity contribution is 0.614. The molecule has 0 rings (SSSR count). The van der Waals surface area contributed by atoms with Crippen molar-refractivity contribution in [3.63, 3.8) is 0 Å². The van der Waals surface area contributed by atoms with E-state index in [-0.39, 0.29) is 0 Å². The second kappa shape index (κ2) is 12.3. The SMILES string of the molecule is CCC=CC#CCCCCCCCC. The summed E-state index contributed by atoms with van der Waals surface area (Å²) in [5, 5.41) is 0. The number of rotatable bonds is 7. The Balaban J connectivity index is 3.11. The lowest BCUT2D eigenvalue weighted by Gasteiger charge is -1.96. The molecule has 0 aromatic carbocycles. The van der Waals surface area contributed by atoms with Gasteiger partial charge in [0.25, 0.3) is 0 Å². The quantitative estimate of drug-likeness (QED) is 0.405. The molecule has 80 valence electrons. The standard InChI is InChI=1S/C14H24/c1-3-5-7-9-11-13-14-12-10-8-6-4-2/h5,7H,3-4,6,8,10,12-14H2,1-2H3. The highest BCUT2D eigenvalue weighted by Gasteiger charge is 1.87. The van der Waals surface area contributed by atoms with Crippen molar-refractivity contribution in [1.82, 2.24) is 0 Å². The predicted molar refractivity (Wildman–Crippen MR) is 65.2 cm³/mol. The lowest BCUT2D eigenvalue weighted by atomic mass is 10.1. The fourth-order valence-electron chi connectivity index (χ4n) is 1.30. The molecule has 0 fully saturated rings. The first-order chi connectivity index (χ1) is 6.91. The fourth-order valence-corrected chi connectivity index (χ4v) is 1.30. The van der Waals surface area contributed by atoms with Gasteiger partial charge in [-0.1, -0.05) is 63.9 Å². The van der Waals surface area contributed by atoms with E-state index in [1.54, 1.807) is 0 Å². The minimum atomic E-state index is 1.07. The molecule has 0 saturated carbocycles. The van der Waals surface area contributed by atoms with Crippen molar-refractivity contribution in [2.75, 3.05) is 0 Å². The van der Waals surface area contributed by atoms with E-state index < -0.39 is 0 Å². The zero-order valence-electron chi connectivity index (χ0n) is 9.81. The molecule has 0 radical (unpaired) electrons. The van der Waals surface area contributed by atoms with Crippen LogP contribution in [0.1, 0.15) is 65.2 Å². The summed E-state index contributed by atoms with van der Waals surface area (Å²) in [7, 11) is 0. The van der Waals surface area contributed by atoms with Crippen molar-refractivity contribution in [2.24, 2.45) is 0 Å². The van der Waals surface area contributed by atoms with E-state index in [9.17, 15) is 0 Å². The molecule has 0 aliphatic rings. The van der Waals surface area contributed by atoms with Crippen LogP contribution in [-0.2, 0) is 0 Å². The van der Waals surface area contributed by atoms with E-state index in [2.05, 4.69) is 31.8 Å². The Kier molecular flexibility index (Phi) is 11.7. The first-order valence-electron chi connectivity index (χ1n) is 6.05. The largest absolute Gasteiger partial charge is 0.0985 e. The van der Waals surface area contributed by atoms with Gasteiger partial charge in [-0.2, -0.15) is 0 Å². The second-order valence-corrected chi connectivity index (χ2v) is 3.65. The average molecular weight is 192 g/mol. The van der Waals surface area contributed by atoms with Crippen molar-refractivity contribution in [3.8, 4) is 11.8 Å². The highest BCUT2D eigenvalue weighted by molar-refractivity contribution is 5.14. The number of hydrogen-bond acceptors (Lipinski definition) is 0. The van der Waals surface area contributed by atoms with Crippen LogP contribution in [0.4, 0.5) is 0 Å². The normalized spacial score (nSPS) is 10.1. The average Bonchev–Trinajstić information content (AvgIpc) is 2.21. The Morgan fingerprint density at radius 1 is 0.929 bits per heavy atom. The molecule has 0 atom stereocenters. The van der Waals surface area contributed by atoms with E-state index in [1.165, 1.54) is 38.5 Å². The number of hydrogen-bond donors (Lipinski definition) is 0. The van der Waals surface area contributed by atoms with Crippen molar-refractivity contribution in [1.29, 1.82) is 0 Å². The maximum atomic E-state index is 3.17. The van der Waals surface area contributed by atoms with E-state index in [0.717, 1.165) is 12.8 Å². The van der Waals surface area contributed by atoms with Crippen molar-refractivity contribution < 1.29 is 0 Å². The van der Waals surface area contributed by atoms with Crippen LogP contribution in [0.15, 0.2) is 12.2 Å². The Hall–Kier alpha value is -0.700. The van der Waals surface area contributed by atoms with Crippen LogP contribution in [0.2, 0.25) is 0 Å². The van der Waals surface area contributed by atoms with Gasteiger partial charge in [-0.05, 0) is 18.9 Å². The van der Waals surface area contributed by atoms with Gasteiger partial charge in [0.1, 0.15) is 0 Å². The Morgan fingerprint density at radius 3 is 2.36 bits per heavy atom. The smallest absolute Gasteiger partial charge is 0.00922 e. The predicted octanol–water partition coefficient (Wildman–Crippen LogP) is 4.71. The molecular formula is C14H24. The molecule has 0 heterocycles. The zero-order valence-corrected chi connectivity index (χ0v) is 9.81. The van der Waals surface area contributed by atoms with E-state index >= 15 is 0 Å². The molecule has 0 nitrogen and oxygen atoms in total. The summed E-state index contributed by atoms with van der Waals surface area (Å²) in [5.74, 6) is 6.23. The third-order valence-electron chi connectivity index (χ3n) is 2.19. The van der Waals surface area contributed by atoms with E-state index in [1.807, 2.05) is 6.08 Å². The van der Waals surface area contributed by atoms with Gasteiger partial charge in [0.2, 0.25) is 0 Å². The summed E-state index contributed by atoms with van der Waals surface area (Å²) in [6, 6.07) is 0. The lowest BCUT2D eigenvalue weighted by Crippen LogP contribution is -1.77. The fraction of sp³-hybridized carbons (Fsp3) is 0.714. The first-order valence-corrected chi connectivity index (χ1v) is 6.05. The number of unbranched alkanes of at least 4 members (excludes halogenated alkanes) is 6. The van der Waals surface area contributed by atoms with Crippen molar-refractivity contribution in [3.05, 3.63) is 12.2 Å². The summed E-state index contributed by atoms with van der Waals surface area (Å²) in [6.45, 7) is 4.39. The van der Waals surface area contributed by atoms with Crippen LogP contribution in [0.3, 0.4) is 0 Å². The Labute approximate surface area is 89.8 Å². The van der Waals surface area contributed by atoms with E-state index in [4.69, 9.17) is 0 Å². The summed E-state index contributed by atoms with van der Waals surface area (Å²) in [6.07, 6.45) is 14.4. The monoisotopic (exact) mass is 192 g/mol. The molecule has 0 amide bonds. The van der Waals surface area contributed by atoms with E-state index in [0.29, 0.717) is 0 Å². The van der Waals surface area contributed by atoms with Crippen LogP contribution in [0, 0.1) is 11.8 Å². The van der Waals surface area contributed by atoms with Gasteiger partial charge in [0.05, 0.1) is 0 Å². The maximum absolute atomic E-state index is 3.17. The molecule has 0 aromatic rings. The maximum Gasteiger partial charge on any atom is 0.00922 e. The molecule has 0 saturated heterocycles. The second-order valence-electron chi connectivity index (χ2n) is 3.65.